The van der Waals surface area contributed by atoms with Gasteiger partial charge in [0.2, 0.25) is 0 Å². The number of aliphatic carboxylic acids is 1. The summed E-state index contributed by atoms with van der Waals surface area (Å²) in [5, 5.41) is 20.4. The van der Waals surface area contributed by atoms with Crippen molar-refractivity contribution in [3.8, 4) is 0 Å². The van der Waals surface area contributed by atoms with Gasteiger partial charge in [-0.15, -0.1) is 0 Å². The number of methoxy groups -OCH3 is 1. The average molecular weight is 362 g/mol. The summed E-state index contributed by atoms with van der Waals surface area (Å²) in [6, 6.07) is 8.35. The van der Waals surface area contributed by atoms with Crippen molar-refractivity contribution in [3.63, 3.8) is 0 Å². The van der Waals surface area contributed by atoms with Crippen molar-refractivity contribution >= 4 is 5.97 Å². The van der Waals surface area contributed by atoms with E-state index in [9.17, 15) is 9.90 Å². The minimum absolute atomic E-state index is 0.0194. The van der Waals surface area contributed by atoms with E-state index in [1.165, 1.54) is 11.1 Å². The number of likely N-dealkylation sites (N-methyl/N-ethyl adjacent to an activating group) is 1. The normalized spacial score (nSPS) is 24.9. The molecule has 2 atom stereocenters. The van der Waals surface area contributed by atoms with Gasteiger partial charge in [0, 0.05) is 25.7 Å². The van der Waals surface area contributed by atoms with Gasteiger partial charge >= 0.3 is 5.97 Å². The summed E-state index contributed by atoms with van der Waals surface area (Å²) in [5.41, 5.74) is 2.18. The van der Waals surface area contributed by atoms with E-state index in [2.05, 4.69) is 24.1 Å². The standard InChI is InChI=1S/C20H30N2O4/c1-21(10-5-13-26-2)18-15-6-3-4-7-16(15)20(19(18)25)8-11-22(12-9-20)14-17(23)24/h3-4,6-7,18-19,25H,5,8-14H2,1-2H3,(H,23,24)/t18-,19+/m0/s1. The number of carboxylic acids is 1. The molecule has 0 radical (unpaired) electrons. The van der Waals surface area contributed by atoms with E-state index < -0.39 is 12.1 Å². The molecule has 1 saturated heterocycles. The molecule has 1 aromatic carbocycles. The van der Waals surface area contributed by atoms with Crippen LogP contribution < -0.4 is 0 Å². The number of carbonyl (C=O) groups is 1. The smallest absolute Gasteiger partial charge is 0.317 e. The summed E-state index contributed by atoms with van der Waals surface area (Å²) in [4.78, 5) is 15.2. The Bertz CT molecular complexity index is 628. The first-order valence-electron chi connectivity index (χ1n) is 9.40. The minimum atomic E-state index is -0.788. The Labute approximate surface area is 155 Å². The number of carboxylic acid groups (broad SMARTS) is 1. The third-order valence-corrected chi connectivity index (χ3v) is 6.12. The summed E-state index contributed by atoms with van der Waals surface area (Å²) < 4.78 is 5.16. The fourth-order valence-electron chi connectivity index (χ4n) is 4.78. The van der Waals surface area contributed by atoms with E-state index >= 15 is 0 Å². The Morgan fingerprint density at radius 2 is 2.04 bits per heavy atom. The molecule has 0 aromatic heterocycles. The Morgan fingerprint density at radius 1 is 1.35 bits per heavy atom. The molecule has 3 rings (SSSR count). The fraction of sp³-hybridized carbons (Fsp3) is 0.650. The van der Waals surface area contributed by atoms with Crippen molar-refractivity contribution in [1.29, 1.82) is 0 Å². The van der Waals surface area contributed by atoms with Crippen LogP contribution in [0.5, 0.6) is 0 Å². The third kappa shape index (κ3) is 3.51. The van der Waals surface area contributed by atoms with Crippen LogP contribution in [-0.4, -0.2) is 79.0 Å². The molecule has 0 amide bonds. The zero-order valence-electron chi connectivity index (χ0n) is 15.7. The first kappa shape index (κ1) is 19.3. The Hall–Kier alpha value is -1.47. The van der Waals surface area contributed by atoms with Crippen LogP contribution in [0.2, 0.25) is 0 Å². The van der Waals surface area contributed by atoms with E-state index in [4.69, 9.17) is 9.84 Å². The third-order valence-electron chi connectivity index (χ3n) is 6.12. The van der Waals surface area contributed by atoms with Crippen molar-refractivity contribution in [2.45, 2.75) is 36.8 Å². The summed E-state index contributed by atoms with van der Waals surface area (Å²) in [6.45, 7) is 3.07. The maximum absolute atomic E-state index is 11.4. The average Bonchev–Trinajstić information content (AvgIpc) is 2.86. The number of aliphatic hydroxyl groups excluding tert-OH is 1. The largest absolute Gasteiger partial charge is 0.480 e. The Morgan fingerprint density at radius 3 is 2.69 bits per heavy atom. The van der Waals surface area contributed by atoms with Gasteiger partial charge in [-0.05, 0) is 50.5 Å². The number of fused-ring (bicyclic) bond motifs is 2. The van der Waals surface area contributed by atoms with Crippen LogP contribution in [-0.2, 0) is 14.9 Å². The molecule has 0 bridgehead atoms. The topological polar surface area (TPSA) is 73.2 Å². The highest BCUT2D eigenvalue weighted by Crippen LogP contribution is 2.52. The van der Waals surface area contributed by atoms with Gasteiger partial charge in [-0.25, -0.2) is 0 Å². The van der Waals surface area contributed by atoms with Gasteiger partial charge in [0.15, 0.2) is 0 Å². The van der Waals surface area contributed by atoms with Crippen LogP contribution in [0.4, 0.5) is 0 Å². The van der Waals surface area contributed by atoms with Gasteiger partial charge in [0.25, 0.3) is 0 Å². The molecule has 1 aliphatic carbocycles. The van der Waals surface area contributed by atoms with Crippen LogP contribution in [0, 0.1) is 0 Å². The molecular weight excluding hydrogens is 332 g/mol. The molecule has 2 N–H and O–H groups in total. The predicted molar refractivity (Wildman–Crippen MR) is 99.3 cm³/mol. The Balaban J connectivity index is 1.81. The number of likely N-dealkylation sites (tertiary alicyclic amines) is 1. The molecule has 1 spiro atoms. The van der Waals surface area contributed by atoms with Crippen LogP contribution in [0.1, 0.15) is 36.4 Å². The van der Waals surface area contributed by atoms with Crippen molar-refractivity contribution in [3.05, 3.63) is 35.4 Å². The lowest BCUT2D eigenvalue weighted by Crippen LogP contribution is -2.50. The SMILES string of the molecule is COCCCN(C)[C@H]1c2ccccc2C2(CCN(CC(=O)O)CC2)[C@@H]1O. The zero-order valence-corrected chi connectivity index (χ0v) is 15.7. The number of nitrogens with zero attached hydrogens (tertiary/aromatic N) is 2. The van der Waals surface area contributed by atoms with Crippen LogP contribution in [0.15, 0.2) is 24.3 Å². The molecule has 6 heteroatoms. The number of ether oxygens (including phenoxy) is 1. The Kier molecular flexibility index (Phi) is 5.97. The molecule has 144 valence electrons. The second-order valence-electron chi connectivity index (χ2n) is 7.63. The van der Waals surface area contributed by atoms with E-state index in [0.717, 1.165) is 25.8 Å². The second kappa shape index (κ2) is 8.05. The molecule has 26 heavy (non-hydrogen) atoms. The predicted octanol–water partition coefficient (Wildman–Crippen LogP) is 1.49. The number of rotatable bonds is 7. The van der Waals surface area contributed by atoms with E-state index in [1.807, 2.05) is 17.0 Å². The maximum Gasteiger partial charge on any atom is 0.317 e. The molecule has 0 unspecified atom stereocenters. The van der Waals surface area contributed by atoms with Gasteiger partial charge in [-0.1, -0.05) is 24.3 Å². The summed E-state index contributed by atoms with van der Waals surface area (Å²) in [5.74, 6) is -0.788. The minimum Gasteiger partial charge on any atom is -0.480 e. The summed E-state index contributed by atoms with van der Waals surface area (Å²) >= 11 is 0. The first-order valence-corrected chi connectivity index (χ1v) is 9.40. The highest BCUT2D eigenvalue weighted by atomic mass is 16.5. The second-order valence-corrected chi connectivity index (χ2v) is 7.63. The van der Waals surface area contributed by atoms with Crippen molar-refractivity contribution in [2.75, 3.05) is 46.9 Å². The molecule has 0 saturated carbocycles. The molecule has 1 fully saturated rings. The molecule has 6 nitrogen and oxygen atoms in total. The number of benzene rings is 1. The quantitative estimate of drug-likeness (QED) is 0.716. The lowest BCUT2D eigenvalue weighted by atomic mass is 9.72. The van der Waals surface area contributed by atoms with Gasteiger partial charge in [0.1, 0.15) is 0 Å². The van der Waals surface area contributed by atoms with E-state index in [1.54, 1.807) is 7.11 Å². The van der Waals surface area contributed by atoms with Crippen molar-refractivity contribution < 1.29 is 19.7 Å². The van der Waals surface area contributed by atoms with Gasteiger partial charge in [0.05, 0.1) is 18.7 Å². The maximum atomic E-state index is 11.4. The first-order chi connectivity index (χ1) is 12.5. The van der Waals surface area contributed by atoms with Gasteiger partial charge < -0.3 is 14.9 Å². The van der Waals surface area contributed by atoms with E-state index in [0.29, 0.717) is 19.7 Å². The fourth-order valence-corrected chi connectivity index (χ4v) is 4.78. The van der Waals surface area contributed by atoms with Gasteiger partial charge in [-0.3, -0.25) is 14.6 Å². The van der Waals surface area contributed by atoms with Crippen molar-refractivity contribution in [1.82, 2.24) is 9.80 Å². The highest BCUT2D eigenvalue weighted by molar-refractivity contribution is 5.69. The van der Waals surface area contributed by atoms with Crippen LogP contribution >= 0.6 is 0 Å². The molecular formula is C20H30N2O4. The summed E-state index contributed by atoms with van der Waals surface area (Å²) in [6.07, 6.45) is 2.04. The monoisotopic (exact) mass is 362 g/mol. The highest BCUT2D eigenvalue weighted by Gasteiger charge is 2.53. The summed E-state index contributed by atoms with van der Waals surface area (Å²) in [7, 11) is 3.78. The lowest BCUT2D eigenvalue weighted by Gasteiger charge is -2.43. The molecule has 1 aliphatic heterocycles. The lowest BCUT2D eigenvalue weighted by molar-refractivity contribution is -0.139. The van der Waals surface area contributed by atoms with Gasteiger partial charge in [-0.2, -0.15) is 0 Å². The number of aliphatic hydroxyl groups is 1. The van der Waals surface area contributed by atoms with E-state index in [-0.39, 0.29) is 18.0 Å². The number of piperidine rings is 1. The molecule has 1 heterocycles. The zero-order chi connectivity index (χ0) is 18.7. The molecule has 2 aliphatic rings. The number of hydrogen-bond donors (Lipinski definition) is 2. The number of hydrogen-bond acceptors (Lipinski definition) is 5. The van der Waals surface area contributed by atoms with Crippen LogP contribution in [0.3, 0.4) is 0 Å². The molecule has 1 aromatic rings. The van der Waals surface area contributed by atoms with Crippen molar-refractivity contribution in [2.24, 2.45) is 0 Å². The van der Waals surface area contributed by atoms with Crippen LogP contribution in [0.25, 0.3) is 0 Å².